The maximum Gasteiger partial charge on any atom is 0.0700 e. The molecule has 2 rings (SSSR count). The second-order valence-corrected chi connectivity index (χ2v) is 4.66. The van der Waals surface area contributed by atoms with Crippen LogP contribution in [0.5, 0.6) is 0 Å². The Hall–Kier alpha value is -1.49. The van der Waals surface area contributed by atoms with E-state index in [1.54, 1.807) is 7.11 Å². The Balaban J connectivity index is 1.71. The summed E-state index contributed by atoms with van der Waals surface area (Å²) in [4.78, 5) is 4.28. The van der Waals surface area contributed by atoms with Crippen molar-refractivity contribution in [1.82, 2.24) is 10.3 Å². The van der Waals surface area contributed by atoms with Gasteiger partial charge in [0.05, 0.1) is 13.2 Å². The van der Waals surface area contributed by atoms with Gasteiger partial charge in [-0.3, -0.25) is 4.98 Å². The van der Waals surface area contributed by atoms with Crippen LogP contribution in [0.25, 0.3) is 10.8 Å². The van der Waals surface area contributed by atoms with E-state index in [1.807, 2.05) is 18.5 Å². The lowest BCUT2D eigenvalue weighted by molar-refractivity contribution is 0.0695. The zero-order valence-electron chi connectivity index (χ0n) is 12.0. The van der Waals surface area contributed by atoms with Gasteiger partial charge in [-0.05, 0) is 23.9 Å². The van der Waals surface area contributed by atoms with Crippen LogP contribution in [0.1, 0.15) is 12.0 Å². The number of aromatic nitrogens is 1. The monoisotopic (exact) mass is 274 g/mol. The molecule has 0 radical (unpaired) electrons. The minimum atomic E-state index is 0.662. The van der Waals surface area contributed by atoms with Crippen LogP contribution in [0.15, 0.2) is 36.7 Å². The lowest BCUT2D eigenvalue weighted by Crippen LogP contribution is -2.17. The zero-order valence-corrected chi connectivity index (χ0v) is 12.0. The lowest BCUT2D eigenvalue weighted by Gasteiger charge is -2.08. The molecule has 0 aliphatic carbocycles. The molecule has 1 aromatic heterocycles. The predicted octanol–water partition coefficient (Wildman–Crippen LogP) is 2.38. The minimum Gasteiger partial charge on any atom is -0.382 e. The first kappa shape index (κ1) is 14.9. The van der Waals surface area contributed by atoms with Gasteiger partial charge in [0, 0.05) is 38.0 Å². The molecule has 0 atom stereocenters. The molecule has 108 valence electrons. The van der Waals surface area contributed by atoms with Crippen LogP contribution in [0.2, 0.25) is 0 Å². The summed E-state index contributed by atoms with van der Waals surface area (Å²) < 4.78 is 10.3. The highest BCUT2D eigenvalue weighted by molar-refractivity contribution is 5.84. The van der Waals surface area contributed by atoms with Gasteiger partial charge in [-0.25, -0.2) is 0 Å². The Kier molecular flexibility index (Phi) is 6.44. The molecule has 1 heterocycles. The van der Waals surface area contributed by atoms with E-state index in [0.717, 1.165) is 26.1 Å². The minimum absolute atomic E-state index is 0.662. The molecule has 0 fully saturated rings. The Morgan fingerprint density at radius 1 is 1.10 bits per heavy atom. The molecule has 0 saturated heterocycles. The SMILES string of the molecule is COCCOCCCNCc1cncc2ccccc12. The van der Waals surface area contributed by atoms with Crippen molar-refractivity contribution in [1.29, 1.82) is 0 Å². The van der Waals surface area contributed by atoms with Crippen LogP contribution in [0, 0.1) is 0 Å². The van der Waals surface area contributed by atoms with E-state index in [-0.39, 0.29) is 0 Å². The standard InChI is InChI=1S/C16H22N2O2/c1-19-9-10-20-8-4-7-17-12-15-13-18-11-14-5-2-3-6-16(14)15/h2-3,5-6,11,13,17H,4,7-10,12H2,1H3. The van der Waals surface area contributed by atoms with Crippen molar-refractivity contribution >= 4 is 10.8 Å². The Labute approximate surface area is 120 Å². The molecule has 4 nitrogen and oxygen atoms in total. The number of nitrogens with zero attached hydrogens (tertiary/aromatic N) is 1. The molecular formula is C16H22N2O2. The van der Waals surface area contributed by atoms with Crippen molar-refractivity contribution in [3.8, 4) is 0 Å². The number of pyridine rings is 1. The van der Waals surface area contributed by atoms with E-state index in [9.17, 15) is 0 Å². The number of hydrogen-bond acceptors (Lipinski definition) is 4. The zero-order chi connectivity index (χ0) is 14.0. The van der Waals surface area contributed by atoms with Crippen molar-refractivity contribution in [2.24, 2.45) is 0 Å². The van der Waals surface area contributed by atoms with Crippen LogP contribution < -0.4 is 5.32 Å². The smallest absolute Gasteiger partial charge is 0.0700 e. The van der Waals surface area contributed by atoms with Gasteiger partial charge < -0.3 is 14.8 Å². The third-order valence-electron chi connectivity index (χ3n) is 3.14. The fraction of sp³-hybridized carbons (Fsp3) is 0.438. The van der Waals surface area contributed by atoms with E-state index in [2.05, 4.69) is 28.5 Å². The first-order valence-electron chi connectivity index (χ1n) is 7.01. The molecule has 0 saturated carbocycles. The van der Waals surface area contributed by atoms with Gasteiger partial charge in [0.1, 0.15) is 0 Å². The molecular weight excluding hydrogens is 252 g/mol. The van der Waals surface area contributed by atoms with Crippen LogP contribution in [0.4, 0.5) is 0 Å². The number of rotatable bonds is 9. The first-order valence-corrected chi connectivity index (χ1v) is 7.01. The second-order valence-electron chi connectivity index (χ2n) is 4.66. The molecule has 20 heavy (non-hydrogen) atoms. The fourth-order valence-corrected chi connectivity index (χ4v) is 2.09. The highest BCUT2D eigenvalue weighted by atomic mass is 16.5. The molecule has 0 spiro atoms. The maximum atomic E-state index is 5.42. The summed E-state index contributed by atoms with van der Waals surface area (Å²) in [5.41, 5.74) is 1.24. The van der Waals surface area contributed by atoms with Crippen LogP contribution in [-0.4, -0.2) is 38.5 Å². The van der Waals surface area contributed by atoms with E-state index in [4.69, 9.17) is 9.47 Å². The van der Waals surface area contributed by atoms with E-state index in [1.165, 1.54) is 16.3 Å². The summed E-state index contributed by atoms with van der Waals surface area (Å²) in [5, 5.41) is 5.89. The summed E-state index contributed by atoms with van der Waals surface area (Å²) in [6.45, 7) is 3.88. The molecule has 1 aromatic carbocycles. The molecule has 0 aliphatic heterocycles. The number of fused-ring (bicyclic) bond motifs is 1. The molecule has 0 amide bonds. The van der Waals surface area contributed by atoms with E-state index >= 15 is 0 Å². The quantitative estimate of drug-likeness (QED) is 0.713. The molecule has 0 unspecified atom stereocenters. The van der Waals surface area contributed by atoms with Gasteiger partial charge in [0.15, 0.2) is 0 Å². The number of nitrogens with one attached hydrogen (secondary N) is 1. The Bertz CT molecular complexity index is 511. The Morgan fingerprint density at radius 3 is 2.90 bits per heavy atom. The number of methoxy groups -OCH3 is 1. The van der Waals surface area contributed by atoms with Gasteiger partial charge in [0.2, 0.25) is 0 Å². The van der Waals surface area contributed by atoms with Gasteiger partial charge in [-0.15, -0.1) is 0 Å². The average molecular weight is 274 g/mol. The molecule has 4 heteroatoms. The highest BCUT2D eigenvalue weighted by Gasteiger charge is 2.00. The van der Waals surface area contributed by atoms with E-state index in [0.29, 0.717) is 13.2 Å². The van der Waals surface area contributed by atoms with Crippen LogP contribution >= 0.6 is 0 Å². The molecule has 1 N–H and O–H groups in total. The summed E-state index contributed by atoms with van der Waals surface area (Å²) in [6.07, 6.45) is 4.84. The summed E-state index contributed by atoms with van der Waals surface area (Å²) in [6, 6.07) is 8.34. The molecule has 0 aliphatic rings. The van der Waals surface area contributed by atoms with Crippen molar-refractivity contribution in [2.45, 2.75) is 13.0 Å². The normalized spacial score (nSPS) is 11.1. The van der Waals surface area contributed by atoms with E-state index < -0.39 is 0 Å². The number of benzene rings is 1. The maximum absolute atomic E-state index is 5.42. The van der Waals surface area contributed by atoms with Crippen molar-refractivity contribution in [3.05, 3.63) is 42.2 Å². The van der Waals surface area contributed by atoms with Gasteiger partial charge in [0.25, 0.3) is 0 Å². The summed E-state index contributed by atoms with van der Waals surface area (Å²) in [5.74, 6) is 0. The molecule has 0 bridgehead atoms. The first-order chi connectivity index (χ1) is 9.92. The summed E-state index contributed by atoms with van der Waals surface area (Å²) in [7, 11) is 1.68. The summed E-state index contributed by atoms with van der Waals surface area (Å²) >= 11 is 0. The van der Waals surface area contributed by atoms with Crippen molar-refractivity contribution < 1.29 is 9.47 Å². The highest BCUT2D eigenvalue weighted by Crippen LogP contribution is 2.16. The largest absolute Gasteiger partial charge is 0.382 e. The number of ether oxygens (including phenoxy) is 2. The topological polar surface area (TPSA) is 43.4 Å². The van der Waals surface area contributed by atoms with Crippen molar-refractivity contribution in [3.63, 3.8) is 0 Å². The third kappa shape index (κ3) is 4.56. The lowest BCUT2D eigenvalue weighted by atomic mass is 10.1. The van der Waals surface area contributed by atoms with Crippen molar-refractivity contribution in [2.75, 3.05) is 33.5 Å². The average Bonchev–Trinajstić information content (AvgIpc) is 2.50. The number of hydrogen-bond donors (Lipinski definition) is 1. The van der Waals surface area contributed by atoms with Crippen LogP contribution in [-0.2, 0) is 16.0 Å². The van der Waals surface area contributed by atoms with Crippen LogP contribution in [0.3, 0.4) is 0 Å². The fourth-order valence-electron chi connectivity index (χ4n) is 2.09. The van der Waals surface area contributed by atoms with Gasteiger partial charge in [-0.2, -0.15) is 0 Å². The Morgan fingerprint density at radius 2 is 2.00 bits per heavy atom. The molecule has 2 aromatic rings. The van der Waals surface area contributed by atoms with Gasteiger partial charge in [-0.1, -0.05) is 24.3 Å². The predicted molar refractivity (Wildman–Crippen MR) is 80.8 cm³/mol. The second kappa shape index (κ2) is 8.64. The van der Waals surface area contributed by atoms with Gasteiger partial charge >= 0.3 is 0 Å². The third-order valence-corrected chi connectivity index (χ3v) is 3.14.